The van der Waals surface area contributed by atoms with Crippen molar-refractivity contribution in [3.8, 4) is 11.1 Å². The first-order valence-corrected chi connectivity index (χ1v) is 9.97. The van der Waals surface area contributed by atoms with Crippen molar-refractivity contribution in [1.29, 1.82) is 0 Å². The minimum Gasteiger partial charge on any atom is -0.398 e. The highest BCUT2D eigenvalue weighted by Gasteiger charge is 2.32. The van der Waals surface area contributed by atoms with Gasteiger partial charge in [-0.1, -0.05) is 54.6 Å². The third-order valence-electron chi connectivity index (χ3n) is 5.90. The Hall–Kier alpha value is -2.36. The molecule has 2 N–H and O–H groups in total. The van der Waals surface area contributed by atoms with Gasteiger partial charge in [-0.2, -0.15) is 0 Å². The third-order valence-corrected chi connectivity index (χ3v) is 5.90. The summed E-state index contributed by atoms with van der Waals surface area (Å²) in [4.78, 5) is 0. The molecule has 2 aliphatic heterocycles. The molecule has 2 fully saturated rings. The van der Waals surface area contributed by atoms with Crippen LogP contribution >= 0.6 is 0 Å². The summed E-state index contributed by atoms with van der Waals surface area (Å²) in [6.07, 6.45) is 4.40. The normalized spacial score (nSPS) is 22.5. The monoisotopic (exact) mass is 359 g/mol. The Kier molecular flexibility index (Phi) is 4.35. The summed E-state index contributed by atoms with van der Waals surface area (Å²) in [6.45, 7) is 1.62. The van der Waals surface area contributed by atoms with Crippen LogP contribution in [0, 0.1) is 0 Å². The summed E-state index contributed by atoms with van der Waals surface area (Å²) < 4.78 is 12.3. The highest BCUT2D eigenvalue weighted by atomic mass is 16.5. The van der Waals surface area contributed by atoms with Crippen LogP contribution in [0.3, 0.4) is 0 Å². The average molecular weight is 359 g/mol. The molecule has 2 unspecified atom stereocenters. The lowest BCUT2D eigenvalue weighted by Gasteiger charge is -2.27. The molecule has 0 amide bonds. The second-order valence-corrected chi connectivity index (χ2v) is 7.53. The Morgan fingerprint density at radius 2 is 1.30 bits per heavy atom. The zero-order valence-corrected chi connectivity index (χ0v) is 15.5. The maximum Gasteiger partial charge on any atom is 0.0849 e. The van der Waals surface area contributed by atoms with Gasteiger partial charge in [-0.25, -0.2) is 0 Å². The van der Waals surface area contributed by atoms with E-state index in [1.54, 1.807) is 0 Å². The number of rotatable bonds is 3. The molecular formula is C24H25NO2. The third kappa shape index (κ3) is 2.82. The first kappa shape index (κ1) is 16.8. The van der Waals surface area contributed by atoms with Gasteiger partial charge in [0, 0.05) is 29.9 Å². The minimum absolute atomic E-state index is 0.0660. The van der Waals surface area contributed by atoms with E-state index < -0.39 is 0 Å². The molecule has 2 aliphatic rings. The fourth-order valence-electron chi connectivity index (χ4n) is 4.71. The number of benzene rings is 3. The highest BCUT2D eigenvalue weighted by Crippen LogP contribution is 2.49. The van der Waals surface area contributed by atoms with Crippen LogP contribution in [0.1, 0.15) is 49.0 Å². The number of nitrogens with two attached hydrogens (primary N) is 1. The van der Waals surface area contributed by atoms with Gasteiger partial charge in [-0.05, 0) is 47.8 Å². The van der Waals surface area contributed by atoms with Gasteiger partial charge in [-0.15, -0.1) is 0 Å². The predicted octanol–water partition coefficient (Wildman–Crippen LogP) is 5.79. The molecule has 27 heavy (non-hydrogen) atoms. The number of nitrogen functional groups attached to an aromatic ring is 1. The van der Waals surface area contributed by atoms with Gasteiger partial charge in [0.25, 0.3) is 0 Å². The number of ether oxygens (including phenoxy) is 2. The van der Waals surface area contributed by atoms with E-state index >= 15 is 0 Å². The summed E-state index contributed by atoms with van der Waals surface area (Å²) in [5, 5.41) is 2.32. The van der Waals surface area contributed by atoms with Crippen molar-refractivity contribution in [2.45, 2.75) is 37.9 Å². The minimum atomic E-state index is 0.0660. The molecule has 0 bridgehead atoms. The largest absolute Gasteiger partial charge is 0.398 e. The lowest BCUT2D eigenvalue weighted by Crippen LogP contribution is -2.12. The van der Waals surface area contributed by atoms with Crippen molar-refractivity contribution in [2.75, 3.05) is 18.9 Å². The van der Waals surface area contributed by atoms with E-state index in [2.05, 4.69) is 54.6 Å². The number of anilines is 1. The quantitative estimate of drug-likeness (QED) is 0.602. The second kappa shape index (κ2) is 6.99. The summed E-state index contributed by atoms with van der Waals surface area (Å²) >= 11 is 0. The van der Waals surface area contributed by atoms with E-state index in [0.29, 0.717) is 0 Å². The standard InChI is InChI=1S/C24H25NO2/c25-24-18-11-5-4-10-17(18)21(16-8-2-1-3-9-16)22(19-12-6-14-26-19)23(24)20-13-7-15-27-20/h1-5,8-11,19-20H,6-7,12-15,25H2. The first-order valence-electron chi connectivity index (χ1n) is 9.97. The average Bonchev–Trinajstić information content (AvgIpc) is 3.43. The van der Waals surface area contributed by atoms with Crippen LogP contribution in [-0.2, 0) is 9.47 Å². The van der Waals surface area contributed by atoms with Crippen molar-refractivity contribution in [3.63, 3.8) is 0 Å². The molecule has 0 aromatic heterocycles. The molecule has 2 heterocycles. The van der Waals surface area contributed by atoms with Crippen LogP contribution in [0.25, 0.3) is 21.9 Å². The fraction of sp³-hybridized carbons (Fsp3) is 0.333. The van der Waals surface area contributed by atoms with Gasteiger partial charge in [0.1, 0.15) is 0 Å². The Balaban J connectivity index is 1.89. The highest BCUT2D eigenvalue weighted by molar-refractivity contribution is 6.06. The van der Waals surface area contributed by atoms with Gasteiger partial charge in [0.2, 0.25) is 0 Å². The summed E-state index contributed by atoms with van der Waals surface area (Å²) in [7, 11) is 0. The SMILES string of the molecule is Nc1c(C2CCCO2)c(C2CCCO2)c(-c2ccccc2)c2ccccc12. The molecular weight excluding hydrogens is 334 g/mol. The van der Waals surface area contributed by atoms with E-state index in [4.69, 9.17) is 15.2 Å². The van der Waals surface area contributed by atoms with Crippen molar-refractivity contribution in [3.05, 3.63) is 65.7 Å². The number of hydrogen-bond acceptors (Lipinski definition) is 3. The molecule has 2 saturated heterocycles. The van der Waals surface area contributed by atoms with E-state index in [1.807, 2.05) is 0 Å². The van der Waals surface area contributed by atoms with Crippen LogP contribution < -0.4 is 5.73 Å². The molecule has 0 saturated carbocycles. The van der Waals surface area contributed by atoms with Crippen molar-refractivity contribution < 1.29 is 9.47 Å². The maximum atomic E-state index is 6.78. The first-order chi connectivity index (χ1) is 13.3. The molecule has 3 nitrogen and oxygen atoms in total. The van der Waals surface area contributed by atoms with E-state index in [9.17, 15) is 0 Å². The topological polar surface area (TPSA) is 44.5 Å². The molecule has 3 aromatic rings. The van der Waals surface area contributed by atoms with Crippen LogP contribution in [0.4, 0.5) is 5.69 Å². The van der Waals surface area contributed by atoms with E-state index in [0.717, 1.165) is 55.5 Å². The Morgan fingerprint density at radius 1 is 0.704 bits per heavy atom. The number of hydrogen-bond donors (Lipinski definition) is 1. The zero-order chi connectivity index (χ0) is 18.2. The van der Waals surface area contributed by atoms with E-state index in [1.165, 1.54) is 22.1 Å². The molecule has 3 aromatic carbocycles. The lowest BCUT2D eigenvalue weighted by atomic mass is 9.83. The van der Waals surface area contributed by atoms with Crippen LogP contribution in [0.15, 0.2) is 54.6 Å². The summed E-state index contributed by atoms with van der Waals surface area (Å²) in [6, 6.07) is 19.1. The van der Waals surface area contributed by atoms with Gasteiger partial charge >= 0.3 is 0 Å². The van der Waals surface area contributed by atoms with Crippen molar-refractivity contribution >= 4 is 16.5 Å². The maximum absolute atomic E-state index is 6.78. The van der Waals surface area contributed by atoms with Crippen molar-refractivity contribution in [2.24, 2.45) is 0 Å². The summed E-state index contributed by atoms with van der Waals surface area (Å²) in [5.41, 5.74) is 12.5. The van der Waals surface area contributed by atoms with Crippen molar-refractivity contribution in [1.82, 2.24) is 0 Å². The Labute approximate surface area is 160 Å². The molecule has 2 atom stereocenters. The van der Waals surface area contributed by atoms with Gasteiger partial charge < -0.3 is 15.2 Å². The zero-order valence-electron chi connectivity index (χ0n) is 15.5. The number of fused-ring (bicyclic) bond motifs is 1. The Morgan fingerprint density at radius 3 is 1.93 bits per heavy atom. The van der Waals surface area contributed by atoms with Gasteiger partial charge in [0.15, 0.2) is 0 Å². The van der Waals surface area contributed by atoms with Crippen LogP contribution in [-0.4, -0.2) is 13.2 Å². The van der Waals surface area contributed by atoms with E-state index in [-0.39, 0.29) is 12.2 Å². The van der Waals surface area contributed by atoms with Gasteiger partial charge in [0.05, 0.1) is 12.2 Å². The Bertz CT molecular complexity index is 955. The molecule has 3 heteroatoms. The molecule has 5 rings (SSSR count). The van der Waals surface area contributed by atoms with Crippen LogP contribution in [0.5, 0.6) is 0 Å². The molecule has 0 radical (unpaired) electrons. The van der Waals surface area contributed by atoms with Crippen LogP contribution in [0.2, 0.25) is 0 Å². The second-order valence-electron chi connectivity index (χ2n) is 7.53. The smallest absolute Gasteiger partial charge is 0.0849 e. The lowest BCUT2D eigenvalue weighted by molar-refractivity contribution is 0.0951. The molecule has 0 aliphatic carbocycles. The predicted molar refractivity (Wildman–Crippen MR) is 110 cm³/mol. The van der Waals surface area contributed by atoms with Gasteiger partial charge in [-0.3, -0.25) is 0 Å². The molecule has 138 valence electrons. The fourth-order valence-corrected chi connectivity index (χ4v) is 4.71. The molecule has 0 spiro atoms. The summed E-state index contributed by atoms with van der Waals surface area (Å²) in [5.74, 6) is 0.